The second kappa shape index (κ2) is 7.75. The molecule has 122 valence electrons. The fraction of sp³-hybridized carbons (Fsp3) is 0.611. The van der Waals surface area contributed by atoms with Crippen molar-refractivity contribution in [1.29, 1.82) is 0 Å². The molecule has 0 amide bonds. The van der Waals surface area contributed by atoms with Gasteiger partial charge in [-0.3, -0.25) is 4.79 Å². The molecule has 1 aromatic carbocycles. The van der Waals surface area contributed by atoms with E-state index in [0.717, 1.165) is 12.8 Å². The zero-order chi connectivity index (χ0) is 16.1. The van der Waals surface area contributed by atoms with E-state index in [1.165, 1.54) is 12.7 Å². The Balaban J connectivity index is 2.07. The van der Waals surface area contributed by atoms with Gasteiger partial charge in [-0.25, -0.2) is 0 Å². The lowest BCUT2D eigenvalue weighted by molar-refractivity contribution is -0.148. The minimum Gasteiger partial charge on any atom is -0.469 e. The number of ether oxygens (including phenoxy) is 3. The Bertz CT molecular complexity index is 473. The van der Waals surface area contributed by atoms with E-state index in [1.54, 1.807) is 7.11 Å². The number of hydrogen-bond acceptors (Lipinski definition) is 4. The molecule has 4 nitrogen and oxygen atoms in total. The summed E-state index contributed by atoms with van der Waals surface area (Å²) in [6.07, 6.45) is 1.56. The third-order valence-electron chi connectivity index (χ3n) is 4.72. The van der Waals surface area contributed by atoms with Gasteiger partial charge in [0.1, 0.15) is 0 Å². The van der Waals surface area contributed by atoms with Gasteiger partial charge in [-0.05, 0) is 18.4 Å². The first-order chi connectivity index (χ1) is 10.6. The fourth-order valence-corrected chi connectivity index (χ4v) is 3.51. The largest absolute Gasteiger partial charge is 0.469 e. The number of methoxy groups -OCH3 is 2. The first-order valence-electron chi connectivity index (χ1n) is 7.88. The van der Waals surface area contributed by atoms with Gasteiger partial charge in [0, 0.05) is 18.9 Å². The van der Waals surface area contributed by atoms with Crippen molar-refractivity contribution in [2.24, 2.45) is 17.8 Å². The van der Waals surface area contributed by atoms with E-state index in [2.05, 4.69) is 19.1 Å². The molecule has 0 spiro atoms. The summed E-state index contributed by atoms with van der Waals surface area (Å²) in [5, 5.41) is 0. The van der Waals surface area contributed by atoms with Crippen molar-refractivity contribution in [2.75, 3.05) is 14.2 Å². The molecule has 0 aromatic heterocycles. The SMILES string of the molecule is COC(=O)[C@@H](C)[C@H]1[C@H](C)[C@@H](OC)O[C@H]1CCc1ccccc1. The average Bonchev–Trinajstić information content (AvgIpc) is 2.88. The van der Waals surface area contributed by atoms with E-state index in [9.17, 15) is 4.79 Å². The lowest BCUT2D eigenvalue weighted by Crippen LogP contribution is -2.32. The van der Waals surface area contributed by atoms with E-state index in [1.807, 2.05) is 25.1 Å². The summed E-state index contributed by atoms with van der Waals surface area (Å²) in [6.45, 7) is 4.00. The molecular weight excluding hydrogens is 280 g/mol. The molecule has 22 heavy (non-hydrogen) atoms. The molecule has 0 unspecified atom stereocenters. The second-order valence-electron chi connectivity index (χ2n) is 6.05. The van der Waals surface area contributed by atoms with Crippen LogP contribution < -0.4 is 0 Å². The van der Waals surface area contributed by atoms with Gasteiger partial charge in [0.2, 0.25) is 0 Å². The van der Waals surface area contributed by atoms with Gasteiger partial charge in [-0.2, -0.15) is 0 Å². The molecule has 1 aliphatic rings. The Morgan fingerprint density at radius 1 is 1.27 bits per heavy atom. The first-order valence-corrected chi connectivity index (χ1v) is 7.88. The van der Waals surface area contributed by atoms with Crippen LogP contribution in [-0.4, -0.2) is 32.6 Å². The van der Waals surface area contributed by atoms with Crippen LogP contribution in [0.5, 0.6) is 0 Å². The number of aryl methyl sites for hydroxylation is 1. The summed E-state index contributed by atoms with van der Waals surface area (Å²) in [6, 6.07) is 10.3. The van der Waals surface area contributed by atoms with Gasteiger partial charge in [0.05, 0.1) is 19.1 Å². The third kappa shape index (κ3) is 3.68. The van der Waals surface area contributed by atoms with Gasteiger partial charge in [-0.15, -0.1) is 0 Å². The van der Waals surface area contributed by atoms with Crippen LogP contribution in [0.25, 0.3) is 0 Å². The number of rotatable bonds is 6. The van der Waals surface area contributed by atoms with Crippen LogP contribution >= 0.6 is 0 Å². The average molecular weight is 306 g/mol. The highest BCUT2D eigenvalue weighted by atomic mass is 16.7. The van der Waals surface area contributed by atoms with Crippen molar-refractivity contribution in [3.05, 3.63) is 35.9 Å². The highest BCUT2D eigenvalue weighted by Gasteiger charge is 2.46. The summed E-state index contributed by atoms with van der Waals surface area (Å²) >= 11 is 0. The number of hydrogen-bond donors (Lipinski definition) is 0. The van der Waals surface area contributed by atoms with Crippen molar-refractivity contribution in [2.45, 2.75) is 39.1 Å². The van der Waals surface area contributed by atoms with Gasteiger partial charge in [0.15, 0.2) is 6.29 Å². The van der Waals surface area contributed by atoms with Gasteiger partial charge in [-0.1, -0.05) is 44.2 Å². The lowest BCUT2D eigenvalue weighted by atomic mass is 9.79. The number of benzene rings is 1. The van der Waals surface area contributed by atoms with Crippen molar-refractivity contribution >= 4 is 5.97 Å². The minimum atomic E-state index is -0.252. The first kappa shape index (κ1) is 17.0. The quantitative estimate of drug-likeness (QED) is 0.758. The Morgan fingerprint density at radius 2 is 1.95 bits per heavy atom. The Kier molecular flexibility index (Phi) is 5.98. The van der Waals surface area contributed by atoms with Crippen LogP contribution in [0.2, 0.25) is 0 Å². The highest BCUT2D eigenvalue weighted by Crippen LogP contribution is 2.40. The topological polar surface area (TPSA) is 44.8 Å². The van der Waals surface area contributed by atoms with Crippen molar-refractivity contribution in [3.8, 4) is 0 Å². The smallest absolute Gasteiger partial charge is 0.308 e. The zero-order valence-corrected chi connectivity index (χ0v) is 13.8. The normalized spacial score (nSPS) is 29.3. The van der Waals surface area contributed by atoms with Crippen LogP contribution in [0.3, 0.4) is 0 Å². The standard InChI is InChI=1S/C18H26O4/c1-12(17(19)20-3)16-13(2)18(21-4)22-15(16)11-10-14-8-6-5-7-9-14/h5-9,12-13,15-16,18H,10-11H2,1-4H3/t12-,13-,15-,16-,18-/m0/s1. The van der Waals surface area contributed by atoms with Gasteiger partial charge in [0.25, 0.3) is 0 Å². The molecule has 1 heterocycles. The summed E-state index contributed by atoms with van der Waals surface area (Å²) < 4.78 is 16.4. The lowest BCUT2D eigenvalue weighted by Gasteiger charge is -2.25. The van der Waals surface area contributed by atoms with Crippen LogP contribution in [0.4, 0.5) is 0 Å². The molecular formula is C18H26O4. The molecule has 0 N–H and O–H groups in total. The van der Waals surface area contributed by atoms with Gasteiger partial charge < -0.3 is 14.2 Å². The predicted octanol–water partition coefficient (Wildman–Crippen LogP) is 3.05. The number of carbonyl (C=O) groups is 1. The number of carbonyl (C=O) groups excluding carboxylic acids is 1. The number of esters is 1. The third-order valence-corrected chi connectivity index (χ3v) is 4.72. The molecule has 0 radical (unpaired) electrons. The van der Waals surface area contributed by atoms with Crippen LogP contribution in [0, 0.1) is 17.8 Å². The van der Waals surface area contributed by atoms with E-state index in [0.29, 0.717) is 0 Å². The molecule has 1 fully saturated rings. The molecule has 0 aliphatic carbocycles. The van der Waals surface area contributed by atoms with Crippen molar-refractivity contribution in [3.63, 3.8) is 0 Å². The van der Waals surface area contributed by atoms with E-state index in [4.69, 9.17) is 14.2 Å². The Labute approximate surface area is 132 Å². The molecule has 1 aliphatic heterocycles. The van der Waals surface area contributed by atoms with Crippen molar-refractivity contribution in [1.82, 2.24) is 0 Å². The summed E-state index contributed by atoms with van der Waals surface area (Å²) in [4.78, 5) is 11.9. The second-order valence-corrected chi connectivity index (χ2v) is 6.05. The molecule has 4 heteroatoms. The fourth-order valence-electron chi connectivity index (χ4n) is 3.51. The molecule has 0 bridgehead atoms. The molecule has 1 saturated heterocycles. The maximum absolute atomic E-state index is 11.9. The van der Waals surface area contributed by atoms with E-state index in [-0.39, 0.29) is 36.1 Å². The maximum atomic E-state index is 11.9. The summed E-state index contributed by atoms with van der Waals surface area (Å²) in [7, 11) is 3.09. The zero-order valence-electron chi connectivity index (χ0n) is 13.8. The molecule has 0 saturated carbocycles. The summed E-state index contributed by atoms with van der Waals surface area (Å²) in [5.41, 5.74) is 1.28. The van der Waals surface area contributed by atoms with Crippen LogP contribution in [0.15, 0.2) is 30.3 Å². The highest BCUT2D eigenvalue weighted by molar-refractivity contribution is 5.72. The minimum absolute atomic E-state index is 0.00857. The van der Waals surface area contributed by atoms with Crippen LogP contribution in [0.1, 0.15) is 25.8 Å². The molecule has 5 atom stereocenters. The van der Waals surface area contributed by atoms with Crippen molar-refractivity contribution < 1.29 is 19.0 Å². The monoisotopic (exact) mass is 306 g/mol. The Morgan fingerprint density at radius 3 is 2.55 bits per heavy atom. The maximum Gasteiger partial charge on any atom is 0.308 e. The molecule has 2 rings (SSSR count). The predicted molar refractivity (Wildman–Crippen MR) is 84.3 cm³/mol. The summed E-state index contributed by atoms with van der Waals surface area (Å²) in [5.74, 6) is -0.0937. The van der Waals surface area contributed by atoms with Gasteiger partial charge >= 0.3 is 5.97 Å². The molecule has 1 aromatic rings. The van der Waals surface area contributed by atoms with E-state index < -0.39 is 0 Å². The van der Waals surface area contributed by atoms with Crippen LogP contribution in [-0.2, 0) is 25.4 Å². The van der Waals surface area contributed by atoms with E-state index >= 15 is 0 Å². The Hall–Kier alpha value is -1.39.